The Labute approximate surface area is 58.1 Å². The monoisotopic (exact) mass is 287 g/mol. The molecule has 0 aliphatic heterocycles. The number of rotatable bonds is 0. The maximum atomic E-state index is 4.48. The molecule has 0 aromatic carbocycles. The van der Waals surface area contributed by atoms with E-state index >= 15 is 0 Å². The Balaban J connectivity index is 3.73. The SMILES string of the molecule is [S-]I([S-])([S-])([S-])[S-]. The molecule has 0 saturated heterocycles. The van der Waals surface area contributed by atoms with Crippen LogP contribution in [0.5, 0.6) is 0 Å². The minimum atomic E-state index is -3.63. The summed E-state index contributed by atoms with van der Waals surface area (Å²) >= 11 is 0. The second kappa shape index (κ2) is 2.02. The second-order valence-electron chi connectivity index (χ2n) is 0.630. The van der Waals surface area contributed by atoms with Gasteiger partial charge in [-0.2, -0.15) is 0 Å². The molecule has 0 unspecified atom stereocenters. The molecular weight excluding hydrogens is 287 g/mol. The summed E-state index contributed by atoms with van der Waals surface area (Å²) in [6, 6.07) is 0. The third-order valence-corrected chi connectivity index (χ3v) is 0. The zero-order valence-corrected chi connectivity index (χ0v) is 8.66. The molecule has 0 N–H and O–H groups in total. The molecule has 0 amide bonds. The van der Waals surface area contributed by atoms with Crippen molar-refractivity contribution in [2.24, 2.45) is 0 Å². The van der Waals surface area contributed by atoms with E-state index in [0.717, 1.165) is 0 Å². The Bertz CT molecular complexity index is 37.1. The van der Waals surface area contributed by atoms with Crippen molar-refractivity contribution < 1.29 is 0 Å². The van der Waals surface area contributed by atoms with E-state index in [1.165, 1.54) is 0 Å². The average Bonchev–Trinajstić information content (AvgIpc) is 0.650. The molecule has 0 bridgehead atoms. The first-order chi connectivity index (χ1) is 2.24. The number of hydrogen-bond acceptors (Lipinski definition) is 5. The second-order valence-corrected chi connectivity index (χ2v) is 38.0. The number of hydrogen-bond donors (Lipinski definition) is 0. The first kappa shape index (κ1) is 8.48. The van der Waals surface area contributed by atoms with Crippen molar-refractivity contribution in [2.45, 2.75) is 0 Å². The summed E-state index contributed by atoms with van der Waals surface area (Å²) in [5.41, 5.74) is 0. The predicted molar refractivity (Wildman–Crippen MR) is 50.8 cm³/mol. The Morgan fingerprint density at radius 2 is 0.667 bits per heavy atom. The fourth-order valence-corrected chi connectivity index (χ4v) is 0. The molecule has 42 valence electrons. The van der Waals surface area contributed by atoms with Crippen molar-refractivity contribution in [3.8, 4) is 0 Å². The first-order valence-electron chi connectivity index (χ1n) is 0.772. The Morgan fingerprint density at radius 3 is 0.667 bits per heavy atom. The van der Waals surface area contributed by atoms with Gasteiger partial charge >= 0.3 is 59.1 Å². The van der Waals surface area contributed by atoms with Gasteiger partial charge in [-0.25, -0.2) is 0 Å². The molecule has 0 fully saturated rings. The fourth-order valence-electron chi connectivity index (χ4n) is 0. The molecule has 0 aliphatic carbocycles. The van der Waals surface area contributed by atoms with Gasteiger partial charge in [0.05, 0.1) is 0 Å². The molecule has 0 heterocycles. The van der Waals surface area contributed by atoms with Crippen LogP contribution in [0.4, 0.5) is 0 Å². The molecule has 0 atom stereocenters. The summed E-state index contributed by atoms with van der Waals surface area (Å²) in [5.74, 6) is 0. The minimum absolute atomic E-state index is 3.63. The molecule has 0 spiro atoms. The average molecular weight is 287 g/mol. The van der Waals surface area contributed by atoms with E-state index in [2.05, 4.69) is 49.0 Å². The molecule has 0 radical (unpaired) electrons. The molecule has 0 aromatic heterocycles. The van der Waals surface area contributed by atoms with Gasteiger partial charge in [-0.1, -0.05) is 0 Å². The van der Waals surface area contributed by atoms with Gasteiger partial charge in [0.2, 0.25) is 0 Å². The van der Waals surface area contributed by atoms with E-state index in [0.29, 0.717) is 0 Å². The van der Waals surface area contributed by atoms with Gasteiger partial charge in [0.1, 0.15) is 0 Å². The van der Waals surface area contributed by atoms with Crippen LogP contribution in [0.15, 0.2) is 0 Å². The molecule has 0 saturated carbocycles. The van der Waals surface area contributed by atoms with Crippen LogP contribution in [0.3, 0.4) is 0 Å². The normalized spacial score (nSPS) is 19.2. The summed E-state index contributed by atoms with van der Waals surface area (Å²) in [7, 11) is 18.8. The van der Waals surface area contributed by atoms with Crippen molar-refractivity contribution in [3.63, 3.8) is 0 Å². The van der Waals surface area contributed by atoms with Crippen LogP contribution in [0.2, 0.25) is 0 Å². The molecule has 0 aromatic rings. The Hall–Kier alpha value is 2.48. The fraction of sp³-hybridized carbons (Fsp3) is 0. The van der Waals surface area contributed by atoms with Gasteiger partial charge in [0.25, 0.3) is 0 Å². The van der Waals surface area contributed by atoms with Crippen LogP contribution in [-0.4, -0.2) is 0 Å². The van der Waals surface area contributed by atoms with Crippen molar-refractivity contribution in [1.82, 2.24) is 0 Å². The van der Waals surface area contributed by atoms with E-state index in [4.69, 9.17) is 0 Å². The molecule has 6 heteroatoms. The quantitative estimate of drug-likeness (QED) is 0.477. The zero-order chi connectivity index (χ0) is 5.45. The van der Waals surface area contributed by atoms with E-state index < -0.39 is 10.1 Å². The maximum absolute atomic E-state index is 4.48. The van der Waals surface area contributed by atoms with Gasteiger partial charge in [-0.3, -0.25) is 0 Å². The predicted octanol–water partition coefficient (Wildman–Crippen LogP) is 0.874. The Kier molecular flexibility index (Phi) is 2.85. The third-order valence-electron chi connectivity index (χ3n) is 0. The van der Waals surface area contributed by atoms with Crippen LogP contribution in [0, 0.1) is 0 Å². The van der Waals surface area contributed by atoms with Gasteiger partial charge in [-0.05, 0) is 0 Å². The van der Waals surface area contributed by atoms with Crippen molar-refractivity contribution in [3.05, 3.63) is 0 Å². The molecular formula is IS5-5. The van der Waals surface area contributed by atoms with Gasteiger partial charge in [0, 0.05) is 0 Å². The van der Waals surface area contributed by atoms with E-state index in [-0.39, 0.29) is 0 Å². The summed E-state index contributed by atoms with van der Waals surface area (Å²) < 4.78 is 0. The molecule has 0 aliphatic rings. The Morgan fingerprint density at radius 1 is 0.667 bits per heavy atom. The van der Waals surface area contributed by atoms with Crippen LogP contribution in [-0.2, 0) is 49.0 Å². The van der Waals surface area contributed by atoms with Crippen LogP contribution < -0.4 is 0 Å². The van der Waals surface area contributed by atoms with Crippen LogP contribution >= 0.6 is 10.1 Å². The van der Waals surface area contributed by atoms with E-state index in [1.807, 2.05) is 0 Å². The number of halogens is 1. The standard InChI is InChI=1S/IS5/c2-1(3,4,5)6/q-5. The van der Waals surface area contributed by atoms with Gasteiger partial charge in [0.15, 0.2) is 0 Å². The van der Waals surface area contributed by atoms with E-state index in [1.54, 1.807) is 0 Å². The third kappa shape index (κ3) is 31.6. The van der Waals surface area contributed by atoms with Crippen molar-refractivity contribution in [1.29, 1.82) is 0 Å². The van der Waals surface area contributed by atoms with Crippen molar-refractivity contribution >= 4 is 59.1 Å². The molecule has 0 nitrogen and oxygen atoms in total. The van der Waals surface area contributed by atoms with Crippen molar-refractivity contribution in [2.75, 3.05) is 0 Å². The summed E-state index contributed by atoms with van der Waals surface area (Å²) in [4.78, 5) is 0. The summed E-state index contributed by atoms with van der Waals surface area (Å²) in [6.45, 7) is 0. The first-order valence-corrected chi connectivity index (χ1v) is 15.5. The molecule has 6 heavy (non-hydrogen) atoms. The van der Waals surface area contributed by atoms with Gasteiger partial charge < -0.3 is 0 Å². The topological polar surface area (TPSA) is 0 Å². The summed E-state index contributed by atoms with van der Waals surface area (Å²) in [6.07, 6.45) is 0. The van der Waals surface area contributed by atoms with Gasteiger partial charge in [-0.15, -0.1) is 0 Å². The summed E-state index contributed by atoms with van der Waals surface area (Å²) in [5, 5.41) is 0. The van der Waals surface area contributed by atoms with Crippen LogP contribution in [0.25, 0.3) is 0 Å². The zero-order valence-electron chi connectivity index (χ0n) is 2.42. The molecule has 0 rings (SSSR count). The van der Waals surface area contributed by atoms with Crippen LogP contribution in [0.1, 0.15) is 0 Å². The van der Waals surface area contributed by atoms with E-state index in [9.17, 15) is 0 Å².